The molecule has 1 aliphatic rings. The Morgan fingerprint density at radius 2 is 2.14 bits per heavy atom. The number of esters is 1. The highest BCUT2D eigenvalue weighted by Crippen LogP contribution is 2.39. The molecule has 1 amide bonds. The Morgan fingerprint density at radius 1 is 1.38 bits per heavy atom. The summed E-state index contributed by atoms with van der Waals surface area (Å²) in [5.41, 5.74) is 0.667. The highest BCUT2D eigenvalue weighted by atomic mass is 35.5. The number of carbonyl (C=O) groups excluding carboxylic acids is 2. The van der Waals surface area contributed by atoms with Crippen molar-refractivity contribution in [3.8, 4) is 11.5 Å². The third-order valence-electron chi connectivity index (χ3n) is 2.70. The van der Waals surface area contributed by atoms with Crippen LogP contribution < -0.4 is 9.47 Å². The molecule has 1 aromatic rings. The molecule has 1 aliphatic heterocycles. The molecule has 0 bridgehead atoms. The normalized spacial score (nSPS) is 12.5. The molecule has 0 aliphatic carbocycles. The van der Waals surface area contributed by atoms with Crippen LogP contribution in [0.1, 0.15) is 5.56 Å². The number of nitrogens with zero attached hydrogens (tertiary/aromatic N) is 1. The Kier molecular flexibility index (Phi) is 4.70. The first-order valence-corrected chi connectivity index (χ1v) is 6.49. The van der Waals surface area contributed by atoms with Crippen molar-refractivity contribution in [2.24, 2.45) is 0 Å². The Balaban J connectivity index is 1.97. The smallest absolute Gasteiger partial charge is 0.331 e. The number of ether oxygens (including phenoxy) is 3. The lowest BCUT2D eigenvalue weighted by molar-refractivity contribution is -0.146. The average Bonchev–Trinajstić information content (AvgIpc) is 2.91. The van der Waals surface area contributed by atoms with Gasteiger partial charge in [0.15, 0.2) is 18.1 Å². The summed E-state index contributed by atoms with van der Waals surface area (Å²) in [7, 11) is 3.17. The number of halogens is 1. The Hall–Kier alpha value is -2.21. The molecule has 7 heteroatoms. The molecule has 0 radical (unpaired) electrons. The Morgan fingerprint density at radius 3 is 2.86 bits per heavy atom. The van der Waals surface area contributed by atoms with E-state index in [4.69, 9.17) is 25.8 Å². The van der Waals surface area contributed by atoms with E-state index in [1.54, 1.807) is 26.2 Å². The molecule has 0 unspecified atom stereocenters. The second kappa shape index (κ2) is 6.49. The number of amides is 1. The quantitative estimate of drug-likeness (QED) is 0.625. The van der Waals surface area contributed by atoms with Crippen LogP contribution in [0.25, 0.3) is 6.08 Å². The number of hydrogen-bond acceptors (Lipinski definition) is 5. The van der Waals surface area contributed by atoms with Crippen molar-refractivity contribution in [1.82, 2.24) is 4.90 Å². The van der Waals surface area contributed by atoms with E-state index in [0.717, 1.165) is 0 Å². The third-order valence-corrected chi connectivity index (χ3v) is 2.98. The number of rotatable bonds is 4. The van der Waals surface area contributed by atoms with E-state index in [1.165, 1.54) is 17.1 Å². The third kappa shape index (κ3) is 3.88. The van der Waals surface area contributed by atoms with E-state index < -0.39 is 5.97 Å². The first-order chi connectivity index (χ1) is 9.97. The summed E-state index contributed by atoms with van der Waals surface area (Å²) in [6.07, 6.45) is 2.74. The molecule has 0 fully saturated rings. The molecule has 0 aromatic heterocycles. The predicted octanol–water partition coefficient (Wildman–Crippen LogP) is 1.71. The van der Waals surface area contributed by atoms with Gasteiger partial charge in [-0.2, -0.15) is 0 Å². The molecule has 1 aromatic carbocycles. The van der Waals surface area contributed by atoms with E-state index in [0.29, 0.717) is 22.1 Å². The molecule has 2 rings (SSSR count). The maximum atomic E-state index is 11.5. The SMILES string of the molecule is CN(C)C(=O)COC(=O)/C=C/c1cc(Cl)c2c(c1)OCO2. The van der Waals surface area contributed by atoms with E-state index in [1.807, 2.05) is 0 Å². The average molecular weight is 312 g/mol. The summed E-state index contributed by atoms with van der Waals surface area (Å²) in [6, 6.07) is 3.34. The van der Waals surface area contributed by atoms with Gasteiger partial charge in [-0.15, -0.1) is 0 Å². The van der Waals surface area contributed by atoms with Crippen LogP contribution in [-0.2, 0) is 14.3 Å². The predicted molar refractivity (Wildman–Crippen MR) is 76.3 cm³/mol. The van der Waals surface area contributed by atoms with Crippen molar-refractivity contribution in [2.75, 3.05) is 27.5 Å². The molecule has 21 heavy (non-hydrogen) atoms. The van der Waals surface area contributed by atoms with Crippen molar-refractivity contribution in [1.29, 1.82) is 0 Å². The van der Waals surface area contributed by atoms with Crippen molar-refractivity contribution in [2.45, 2.75) is 0 Å². The van der Waals surface area contributed by atoms with Crippen molar-refractivity contribution in [3.63, 3.8) is 0 Å². The summed E-state index contributed by atoms with van der Waals surface area (Å²) in [6.45, 7) is -0.172. The van der Waals surface area contributed by atoms with E-state index in [2.05, 4.69) is 0 Å². The monoisotopic (exact) mass is 311 g/mol. The summed E-state index contributed by atoms with van der Waals surface area (Å²) in [5.74, 6) is 0.119. The highest BCUT2D eigenvalue weighted by molar-refractivity contribution is 6.32. The van der Waals surface area contributed by atoms with Crippen LogP contribution in [0.4, 0.5) is 0 Å². The van der Waals surface area contributed by atoms with Crippen LogP contribution in [-0.4, -0.2) is 44.3 Å². The fraction of sp³-hybridized carbons (Fsp3) is 0.286. The van der Waals surface area contributed by atoms with Gasteiger partial charge in [-0.1, -0.05) is 11.6 Å². The molecule has 0 atom stereocenters. The van der Waals surface area contributed by atoms with E-state index in [9.17, 15) is 9.59 Å². The lowest BCUT2D eigenvalue weighted by Gasteiger charge is -2.09. The van der Waals surface area contributed by atoms with Gasteiger partial charge in [0.2, 0.25) is 6.79 Å². The molecule has 0 saturated carbocycles. The summed E-state index contributed by atoms with van der Waals surface area (Å²) >= 11 is 6.02. The summed E-state index contributed by atoms with van der Waals surface area (Å²) < 4.78 is 15.2. The number of fused-ring (bicyclic) bond motifs is 1. The molecule has 0 N–H and O–H groups in total. The van der Waals surface area contributed by atoms with Crippen molar-refractivity contribution in [3.05, 3.63) is 28.8 Å². The number of benzene rings is 1. The van der Waals surface area contributed by atoms with Crippen molar-refractivity contribution >= 4 is 29.6 Å². The standard InChI is InChI=1S/C14H14ClNO5/c1-16(2)12(17)7-19-13(18)4-3-9-5-10(15)14-11(6-9)20-8-21-14/h3-6H,7-8H2,1-2H3/b4-3+. The van der Waals surface area contributed by atoms with Crippen molar-refractivity contribution < 1.29 is 23.8 Å². The van der Waals surface area contributed by atoms with Crippen LogP contribution in [0, 0.1) is 0 Å². The summed E-state index contributed by atoms with van der Waals surface area (Å²) in [4.78, 5) is 24.1. The van der Waals surface area contributed by atoms with Gasteiger partial charge in [-0.25, -0.2) is 4.79 Å². The van der Waals surface area contributed by atoms with E-state index >= 15 is 0 Å². The first-order valence-electron chi connectivity index (χ1n) is 6.11. The molecular weight excluding hydrogens is 298 g/mol. The maximum absolute atomic E-state index is 11.5. The zero-order valence-corrected chi connectivity index (χ0v) is 12.3. The fourth-order valence-corrected chi connectivity index (χ4v) is 1.83. The summed E-state index contributed by atoms with van der Waals surface area (Å²) in [5, 5.41) is 0.404. The van der Waals surface area contributed by atoms with Crippen LogP contribution in [0.15, 0.2) is 18.2 Å². The zero-order valence-electron chi connectivity index (χ0n) is 11.6. The Bertz CT molecular complexity index is 597. The number of likely N-dealkylation sites (N-methyl/N-ethyl adjacent to an activating group) is 1. The van der Waals surface area contributed by atoms with Crippen LogP contribution >= 0.6 is 11.6 Å². The van der Waals surface area contributed by atoms with Gasteiger partial charge < -0.3 is 19.1 Å². The lowest BCUT2D eigenvalue weighted by Crippen LogP contribution is -2.27. The van der Waals surface area contributed by atoms with Gasteiger partial charge in [0.1, 0.15) is 0 Å². The van der Waals surface area contributed by atoms with Crippen LogP contribution in [0.2, 0.25) is 5.02 Å². The molecule has 0 spiro atoms. The molecule has 112 valence electrons. The number of carbonyl (C=O) groups is 2. The Labute approximate surface area is 126 Å². The van der Waals surface area contributed by atoms with Gasteiger partial charge in [0.05, 0.1) is 5.02 Å². The minimum absolute atomic E-state index is 0.122. The molecular formula is C14H14ClNO5. The minimum Gasteiger partial charge on any atom is -0.454 e. The van der Waals surface area contributed by atoms with E-state index in [-0.39, 0.29) is 19.3 Å². The van der Waals surface area contributed by atoms with Crippen LogP contribution in [0.3, 0.4) is 0 Å². The maximum Gasteiger partial charge on any atom is 0.331 e. The minimum atomic E-state index is -0.612. The van der Waals surface area contributed by atoms with Gasteiger partial charge in [-0.05, 0) is 23.8 Å². The highest BCUT2D eigenvalue weighted by Gasteiger charge is 2.17. The van der Waals surface area contributed by atoms with Gasteiger partial charge >= 0.3 is 5.97 Å². The molecule has 1 heterocycles. The lowest BCUT2D eigenvalue weighted by atomic mass is 10.2. The number of hydrogen-bond donors (Lipinski definition) is 0. The largest absolute Gasteiger partial charge is 0.454 e. The van der Waals surface area contributed by atoms with Gasteiger partial charge in [0.25, 0.3) is 5.91 Å². The molecule has 6 nitrogen and oxygen atoms in total. The second-order valence-electron chi connectivity index (χ2n) is 4.47. The first kappa shape index (κ1) is 15.2. The fourth-order valence-electron chi connectivity index (χ4n) is 1.56. The van der Waals surface area contributed by atoms with Gasteiger partial charge in [0, 0.05) is 20.2 Å². The van der Waals surface area contributed by atoms with Crippen LogP contribution in [0.5, 0.6) is 11.5 Å². The second-order valence-corrected chi connectivity index (χ2v) is 4.87. The topological polar surface area (TPSA) is 65.1 Å². The molecule has 0 saturated heterocycles. The zero-order chi connectivity index (χ0) is 15.4. The van der Waals surface area contributed by atoms with Gasteiger partial charge in [-0.3, -0.25) is 4.79 Å².